The van der Waals surface area contributed by atoms with Crippen molar-refractivity contribution in [3.05, 3.63) is 35.4 Å². The van der Waals surface area contributed by atoms with Crippen LogP contribution in [0.15, 0.2) is 24.3 Å². The lowest BCUT2D eigenvalue weighted by Crippen LogP contribution is -2.25. The molecule has 0 unspecified atom stereocenters. The highest BCUT2D eigenvalue weighted by atomic mass is 16.4. The molecule has 1 aliphatic rings. The molecule has 2 N–H and O–H groups in total. The zero-order valence-corrected chi connectivity index (χ0v) is 12.3. The SMILES string of the molecule is Cc1c(/C=C/C(=O)O)cccc1NC(=O)C1CCCCC1. The van der Waals surface area contributed by atoms with E-state index in [1.807, 2.05) is 25.1 Å². The van der Waals surface area contributed by atoms with Gasteiger partial charge in [0.1, 0.15) is 0 Å². The molecule has 0 bridgehead atoms. The molecule has 1 saturated carbocycles. The standard InChI is InChI=1S/C17H21NO3/c1-12-13(10-11-16(19)20)8-5-9-15(12)18-17(21)14-6-3-2-4-7-14/h5,8-11,14H,2-4,6-7H2,1H3,(H,18,21)(H,19,20)/b11-10+. The van der Waals surface area contributed by atoms with E-state index in [2.05, 4.69) is 5.32 Å². The number of benzene rings is 1. The van der Waals surface area contributed by atoms with Crippen LogP contribution in [0.4, 0.5) is 5.69 Å². The van der Waals surface area contributed by atoms with Gasteiger partial charge in [0, 0.05) is 17.7 Å². The molecule has 0 saturated heterocycles. The third-order valence-electron chi connectivity index (χ3n) is 4.01. The molecule has 0 heterocycles. The van der Waals surface area contributed by atoms with Gasteiger partial charge in [-0.1, -0.05) is 31.4 Å². The van der Waals surface area contributed by atoms with Gasteiger partial charge in [-0.25, -0.2) is 4.79 Å². The Morgan fingerprint density at radius 3 is 2.62 bits per heavy atom. The van der Waals surface area contributed by atoms with Crippen molar-refractivity contribution in [2.24, 2.45) is 5.92 Å². The van der Waals surface area contributed by atoms with Gasteiger partial charge in [-0.15, -0.1) is 0 Å². The van der Waals surface area contributed by atoms with Crippen molar-refractivity contribution >= 4 is 23.6 Å². The van der Waals surface area contributed by atoms with Crippen LogP contribution in [0, 0.1) is 12.8 Å². The van der Waals surface area contributed by atoms with Gasteiger partial charge in [0.05, 0.1) is 0 Å². The van der Waals surface area contributed by atoms with E-state index in [1.165, 1.54) is 6.42 Å². The second kappa shape index (κ2) is 7.07. The molecule has 112 valence electrons. The van der Waals surface area contributed by atoms with Gasteiger partial charge in [-0.05, 0) is 43.0 Å². The summed E-state index contributed by atoms with van der Waals surface area (Å²) in [6, 6.07) is 5.52. The normalized spacial score (nSPS) is 16.0. The minimum atomic E-state index is -0.981. The number of rotatable bonds is 4. The van der Waals surface area contributed by atoms with Gasteiger partial charge in [-0.2, -0.15) is 0 Å². The minimum absolute atomic E-state index is 0.0807. The summed E-state index contributed by atoms with van der Waals surface area (Å²) in [6.45, 7) is 1.89. The molecular weight excluding hydrogens is 266 g/mol. The maximum Gasteiger partial charge on any atom is 0.328 e. The molecule has 4 nitrogen and oxygen atoms in total. The number of carboxylic acid groups (broad SMARTS) is 1. The Kier molecular flexibility index (Phi) is 5.14. The summed E-state index contributed by atoms with van der Waals surface area (Å²) in [5.41, 5.74) is 2.45. The molecule has 2 rings (SSSR count). The summed E-state index contributed by atoms with van der Waals surface area (Å²) in [6.07, 6.45) is 8.05. The molecule has 0 atom stereocenters. The number of aliphatic carboxylic acids is 1. The van der Waals surface area contributed by atoms with Crippen LogP contribution in [0.5, 0.6) is 0 Å². The Morgan fingerprint density at radius 2 is 1.95 bits per heavy atom. The van der Waals surface area contributed by atoms with Crippen LogP contribution in [0.3, 0.4) is 0 Å². The second-order valence-corrected chi connectivity index (χ2v) is 5.52. The highest BCUT2D eigenvalue weighted by molar-refractivity contribution is 5.94. The molecule has 1 amide bonds. The molecule has 21 heavy (non-hydrogen) atoms. The predicted octanol–water partition coefficient (Wildman–Crippen LogP) is 3.61. The van der Waals surface area contributed by atoms with E-state index in [0.717, 1.165) is 48.6 Å². The fraction of sp³-hybridized carbons (Fsp3) is 0.412. The Hall–Kier alpha value is -2.10. The van der Waals surface area contributed by atoms with Gasteiger partial charge < -0.3 is 10.4 Å². The molecule has 0 aromatic heterocycles. The number of nitrogens with one attached hydrogen (secondary N) is 1. The zero-order chi connectivity index (χ0) is 15.2. The highest BCUT2D eigenvalue weighted by Crippen LogP contribution is 2.26. The number of amides is 1. The molecule has 0 radical (unpaired) electrons. The van der Waals surface area contributed by atoms with Crippen molar-refractivity contribution in [1.82, 2.24) is 0 Å². The lowest BCUT2D eigenvalue weighted by Gasteiger charge is -2.21. The first-order valence-electron chi connectivity index (χ1n) is 7.39. The van der Waals surface area contributed by atoms with Crippen molar-refractivity contribution in [2.45, 2.75) is 39.0 Å². The Balaban J connectivity index is 2.11. The lowest BCUT2D eigenvalue weighted by molar-refractivity contribution is -0.131. The van der Waals surface area contributed by atoms with E-state index in [1.54, 1.807) is 6.08 Å². The Morgan fingerprint density at radius 1 is 1.24 bits per heavy atom. The third-order valence-corrected chi connectivity index (χ3v) is 4.01. The summed E-state index contributed by atoms with van der Waals surface area (Å²) in [5.74, 6) is -0.792. The van der Waals surface area contributed by atoms with Crippen molar-refractivity contribution in [2.75, 3.05) is 5.32 Å². The molecule has 1 fully saturated rings. The topological polar surface area (TPSA) is 66.4 Å². The Bertz CT molecular complexity index is 557. The maximum atomic E-state index is 12.3. The fourth-order valence-corrected chi connectivity index (χ4v) is 2.73. The first-order valence-corrected chi connectivity index (χ1v) is 7.39. The monoisotopic (exact) mass is 287 g/mol. The van der Waals surface area contributed by atoms with E-state index in [-0.39, 0.29) is 11.8 Å². The molecule has 1 aromatic rings. The third kappa shape index (κ3) is 4.18. The first-order chi connectivity index (χ1) is 10.1. The summed E-state index contributed by atoms with van der Waals surface area (Å²) < 4.78 is 0. The molecule has 0 aliphatic heterocycles. The number of anilines is 1. The van der Waals surface area contributed by atoms with Crippen molar-refractivity contribution < 1.29 is 14.7 Å². The highest BCUT2D eigenvalue weighted by Gasteiger charge is 2.21. The quantitative estimate of drug-likeness (QED) is 0.831. The minimum Gasteiger partial charge on any atom is -0.478 e. The van der Waals surface area contributed by atoms with Gasteiger partial charge in [0.25, 0.3) is 0 Å². The van der Waals surface area contributed by atoms with Crippen LogP contribution in [0.25, 0.3) is 6.08 Å². The number of carboxylic acids is 1. The van der Waals surface area contributed by atoms with E-state index in [4.69, 9.17) is 5.11 Å². The molecule has 4 heteroatoms. The average Bonchev–Trinajstić information content (AvgIpc) is 2.49. The predicted molar refractivity (Wildman–Crippen MR) is 83.1 cm³/mol. The maximum absolute atomic E-state index is 12.3. The smallest absolute Gasteiger partial charge is 0.328 e. The largest absolute Gasteiger partial charge is 0.478 e. The number of carbonyl (C=O) groups excluding carboxylic acids is 1. The number of hydrogen-bond acceptors (Lipinski definition) is 2. The van der Waals surface area contributed by atoms with E-state index in [0.29, 0.717) is 0 Å². The van der Waals surface area contributed by atoms with Crippen molar-refractivity contribution in [1.29, 1.82) is 0 Å². The summed E-state index contributed by atoms with van der Waals surface area (Å²) >= 11 is 0. The first kappa shape index (κ1) is 15.3. The van der Waals surface area contributed by atoms with Crippen molar-refractivity contribution in [3.8, 4) is 0 Å². The average molecular weight is 287 g/mol. The lowest BCUT2D eigenvalue weighted by atomic mass is 9.88. The van der Waals surface area contributed by atoms with Crippen LogP contribution in [0.2, 0.25) is 0 Å². The molecule has 1 aromatic carbocycles. The van der Waals surface area contributed by atoms with E-state index >= 15 is 0 Å². The summed E-state index contributed by atoms with van der Waals surface area (Å²) in [4.78, 5) is 22.9. The number of hydrogen-bond donors (Lipinski definition) is 2. The van der Waals surface area contributed by atoms with Crippen LogP contribution < -0.4 is 5.32 Å². The van der Waals surface area contributed by atoms with Crippen LogP contribution in [0.1, 0.15) is 43.2 Å². The second-order valence-electron chi connectivity index (χ2n) is 5.52. The van der Waals surface area contributed by atoms with Crippen LogP contribution >= 0.6 is 0 Å². The molecular formula is C17H21NO3. The zero-order valence-electron chi connectivity index (χ0n) is 12.3. The van der Waals surface area contributed by atoms with Crippen LogP contribution in [-0.4, -0.2) is 17.0 Å². The van der Waals surface area contributed by atoms with E-state index in [9.17, 15) is 9.59 Å². The molecule has 0 spiro atoms. The van der Waals surface area contributed by atoms with Gasteiger partial charge in [0.2, 0.25) is 5.91 Å². The van der Waals surface area contributed by atoms with Crippen molar-refractivity contribution in [3.63, 3.8) is 0 Å². The summed E-state index contributed by atoms with van der Waals surface area (Å²) in [5, 5.41) is 11.7. The van der Waals surface area contributed by atoms with Gasteiger partial charge >= 0.3 is 5.97 Å². The number of carbonyl (C=O) groups is 2. The fourth-order valence-electron chi connectivity index (χ4n) is 2.73. The van der Waals surface area contributed by atoms with E-state index < -0.39 is 5.97 Å². The van der Waals surface area contributed by atoms with Crippen LogP contribution in [-0.2, 0) is 9.59 Å². The Labute approximate surface area is 124 Å². The molecule has 1 aliphatic carbocycles. The van der Waals surface area contributed by atoms with Gasteiger partial charge in [0.15, 0.2) is 0 Å². The summed E-state index contributed by atoms with van der Waals surface area (Å²) in [7, 11) is 0. The van der Waals surface area contributed by atoms with Gasteiger partial charge in [-0.3, -0.25) is 4.79 Å².